The second-order valence-corrected chi connectivity index (χ2v) is 9.43. The summed E-state index contributed by atoms with van der Waals surface area (Å²) in [4.78, 5) is 27.0. The minimum atomic E-state index is -0.197. The molecule has 2 saturated heterocycles. The van der Waals surface area contributed by atoms with Gasteiger partial charge in [-0.3, -0.25) is 9.69 Å². The molecule has 174 valence electrons. The summed E-state index contributed by atoms with van der Waals surface area (Å²) in [5, 5.41) is 8.45. The van der Waals surface area contributed by atoms with Gasteiger partial charge in [-0.25, -0.2) is 9.97 Å². The molecule has 0 aliphatic carbocycles. The van der Waals surface area contributed by atoms with Gasteiger partial charge in [0, 0.05) is 41.8 Å². The Hall–Kier alpha value is -2.68. The minimum Gasteiger partial charge on any atom is -0.368 e. The number of nitrogens with zero attached hydrogens (tertiary/aromatic N) is 3. The Labute approximate surface area is 198 Å². The van der Waals surface area contributed by atoms with Gasteiger partial charge in [-0.15, -0.1) is 0 Å². The number of aromatic nitrogens is 3. The van der Waals surface area contributed by atoms with Crippen molar-refractivity contribution >= 4 is 34.4 Å². The van der Waals surface area contributed by atoms with Crippen LogP contribution in [-0.2, 0) is 4.79 Å². The van der Waals surface area contributed by atoms with Crippen LogP contribution < -0.4 is 16.4 Å². The van der Waals surface area contributed by atoms with Crippen LogP contribution in [0, 0.1) is 5.92 Å². The number of rotatable bonds is 6. The lowest BCUT2D eigenvalue weighted by atomic mass is 9.87. The highest BCUT2D eigenvalue weighted by Gasteiger charge is 2.35. The third kappa shape index (κ3) is 4.69. The Kier molecular flexibility index (Phi) is 6.48. The van der Waals surface area contributed by atoms with Crippen LogP contribution in [0.5, 0.6) is 0 Å². The van der Waals surface area contributed by atoms with Crippen molar-refractivity contribution in [2.45, 2.75) is 37.8 Å². The summed E-state index contributed by atoms with van der Waals surface area (Å²) in [6.45, 7) is 3.58. The first-order valence-corrected chi connectivity index (χ1v) is 12.1. The second kappa shape index (κ2) is 9.67. The molecular weight excluding hydrogens is 438 g/mol. The number of anilines is 1. The molecule has 0 radical (unpaired) electrons. The van der Waals surface area contributed by atoms with E-state index in [1.807, 2.05) is 24.4 Å². The van der Waals surface area contributed by atoms with Crippen LogP contribution in [0.2, 0.25) is 5.02 Å². The molecule has 2 fully saturated rings. The number of piperidine rings is 2. The number of hydrogen-bond donors (Lipinski definition) is 4. The average Bonchev–Trinajstić information content (AvgIpc) is 3.26. The number of para-hydroxylation sites is 1. The maximum Gasteiger partial charge on any atom is 0.235 e. The standard InChI is InChI=1S/C24H30ClN7O/c25-19-14-29-24(31-21(19)18-13-28-20-4-2-1-3-17(18)20)30-16-7-11-32(12-8-16)22(23(26)33)15-5-9-27-10-6-15/h1-4,13-16,22,27-28H,5-12H2,(H2,26,33)(H,29,30,31). The number of halogens is 1. The van der Waals surface area contributed by atoms with E-state index in [2.05, 4.69) is 31.6 Å². The van der Waals surface area contributed by atoms with E-state index >= 15 is 0 Å². The van der Waals surface area contributed by atoms with Crippen molar-refractivity contribution in [3.63, 3.8) is 0 Å². The fraction of sp³-hybridized carbons (Fsp3) is 0.458. The van der Waals surface area contributed by atoms with Crippen molar-refractivity contribution in [3.05, 3.63) is 41.7 Å². The number of benzene rings is 1. The Morgan fingerprint density at radius 2 is 1.94 bits per heavy atom. The lowest BCUT2D eigenvalue weighted by Crippen LogP contribution is -2.55. The maximum absolute atomic E-state index is 12.3. The third-order valence-corrected chi connectivity index (χ3v) is 7.24. The Bertz CT molecular complexity index is 1120. The number of hydrogen-bond acceptors (Lipinski definition) is 6. The highest BCUT2D eigenvalue weighted by Crippen LogP contribution is 2.32. The van der Waals surface area contributed by atoms with E-state index in [9.17, 15) is 4.79 Å². The van der Waals surface area contributed by atoms with Gasteiger partial charge in [-0.05, 0) is 50.8 Å². The zero-order valence-corrected chi connectivity index (χ0v) is 19.3. The van der Waals surface area contributed by atoms with Crippen molar-refractivity contribution in [2.75, 3.05) is 31.5 Å². The third-order valence-electron chi connectivity index (χ3n) is 6.97. The molecule has 4 heterocycles. The molecule has 1 atom stereocenters. The second-order valence-electron chi connectivity index (χ2n) is 9.03. The Balaban J connectivity index is 1.26. The fourth-order valence-corrected chi connectivity index (χ4v) is 5.46. The van der Waals surface area contributed by atoms with E-state index in [1.54, 1.807) is 6.20 Å². The topological polar surface area (TPSA) is 112 Å². The van der Waals surface area contributed by atoms with E-state index in [1.165, 1.54) is 0 Å². The smallest absolute Gasteiger partial charge is 0.235 e. The average molecular weight is 468 g/mol. The number of aromatic amines is 1. The lowest BCUT2D eigenvalue weighted by molar-refractivity contribution is -0.126. The summed E-state index contributed by atoms with van der Waals surface area (Å²) >= 11 is 6.47. The van der Waals surface area contributed by atoms with Crippen molar-refractivity contribution in [1.82, 2.24) is 25.2 Å². The number of amides is 1. The molecule has 8 nitrogen and oxygen atoms in total. The van der Waals surface area contributed by atoms with Gasteiger partial charge in [0.05, 0.1) is 23.0 Å². The first-order valence-electron chi connectivity index (χ1n) is 11.7. The molecular formula is C24H30ClN7O. The molecule has 9 heteroatoms. The predicted molar refractivity (Wildman–Crippen MR) is 131 cm³/mol. The minimum absolute atomic E-state index is 0.173. The molecule has 1 aromatic carbocycles. The number of fused-ring (bicyclic) bond motifs is 1. The highest BCUT2D eigenvalue weighted by molar-refractivity contribution is 6.33. The molecule has 5 N–H and O–H groups in total. The van der Waals surface area contributed by atoms with E-state index in [0.29, 0.717) is 22.6 Å². The SMILES string of the molecule is NC(=O)C(C1CCNCC1)N1CCC(Nc2ncc(Cl)c(-c3c[nH]c4ccccc34)n2)CC1. The van der Waals surface area contributed by atoms with Crippen LogP contribution in [0.1, 0.15) is 25.7 Å². The molecule has 1 amide bonds. The van der Waals surface area contributed by atoms with Crippen molar-refractivity contribution in [2.24, 2.45) is 11.7 Å². The van der Waals surface area contributed by atoms with E-state index in [-0.39, 0.29) is 18.0 Å². The van der Waals surface area contributed by atoms with Gasteiger partial charge in [0.25, 0.3) is 0 Å². The summed E-state index contributed by atoms with van der Waals surface area (Å²) in [7, 11) is 0. The van der Waals surface area contributed by atoms with Crippen molar-refractivity contribution in [3.8, 4) is 11.3 Å². The number of nitrogens with one attached hydrogen (secondary N) is 3. The molecule has 33 heavy (non-hydrogen) atoms. The summed E-state index contributed by atoms with van der Waals surface area (Å²) in [6.07, 6.45) is 7.41. The summed E-state index contributed by atoms with van der Waals surface area (Å²) in [5.74, 6) is 0.715. The highest BCUT2D eigenvalue weighted by atomic mass is 35.5. The molecule has 3 aromatic rings. The van der Waals surface area contributed by atoms with E-state index in [0.717, 1.165) is 68.3 Å². The normalized spacial score (nSPS) is 19.5. The predicted octanol–water partition coefficient (Wildman–Crippen LogP) is 3.01. The zero-order chi connectivity index (χ0) is 22.8. The molecule has 5 rings (SSSR count). The number of carbonyl (C=O) groups excluding carboxylic acids is 1. The summed E-state index contributed by atoms with van der Waals surface area (Å²) in [6, 6.07) is 8.15. The molecule has 2 aromatic heterocycles. The monoisotopic (exact) mass is 467 g/mol. The van der Waals surface area contributed by atoms with Gasteiger partial charge < -0.3 is 21.4 Å². The van der Waals surface area contributed by atoms with E-state index < -0.39 is 0 Å². The lowest BCUT2D eigenvalue weighted by Gasteiger charge is -2.40. The molecule has 2 aliphatic heterocycles. The zero-order valence-electron chi connectivity index (χ0n) is 18.6. The fourth-order valence-electron chi connectivity index (χ4n) is 5.27. The number of H-pyrrole nitrogens is 1. The van der Waals surface area contributed by atoms with Gasteiger partial charge in [0.1, 0.15) is 0 Å². The molecule has 2 aliphatic rings. The van der Waals surface area contributed by atoms with Crippen molar-refractivity contribution < 1.29 is 4.79 Å². The van der Waals surface area contributed by atoms with Crippen LogP contribution in [-0.4, -0.2) is 64.0 Å². The number of nitrogens with two attached hydrogens (primary N) is 1. The quantitative estimate of drug-likeness (QED) is 0.443. The molecule has 1 unspecified atom stereocenters. The number of likely N-dealkylation sites (tertiary alicyclic amines) is 1. The van der Waals surface area contributed by atoms with Gasteiger partial charge in [0.15, 0.2) is 0 Å². The Morgan fingerprint density at radius 3 is 2.70 bits per heavy atom. The van der Waals surface area contributed by atoms with Crippen LogP contribution in [0.3, 0.4) is 0 Å². The maximum atomic E-state index is 12.3. The van der Waals surface area contributed by atoms with Crippen LogP contribution in [0.4, 0.5) is 5.95 Å². The van der Waals surface area contributed by atoms with Gasteiger partial charge in [0.2, 0.25) is 11.9 Å². The van der Waals surface area contributed by atoms with Crippen molar-refractivity contribution in [1.29, 1.82) is 0 Å². The largest absolute Gasteiger partial charge is 0.368 e. The van der Waals surface area contributed by atoms with Crippen LogP contribution >= 0.6 is 11.6 Å². The Morgan fingerprint density at radius 1 is 1.18 bits per heavy atom. The summed E-state index contributed by atoms with van der Waals surface area (Å²) < 4.78 is 0. The molecule has 0 bridgehead atoms. The van der Waals surface area contributed by atoms with Crippen LogP contribution in [0.25, 0.3) is 22.2 Å². The number of carbonyl (C=O) groups is 1. The van der Waals surface area contributed by atoms with Crippen LogP contribution in [0.15, 0.2) is 36.7 Å². The van der Waals surface area contributed by atoms with Gasteiger partial charge in [-0.1, -0.05) is 29.8 Å². The summed E-state index contributed by atoms with van der Waals surface area (Å²) in [5.41, 5.74) is 8.54. The van der Waals surface area contributed by atoms with Gasteiger partial charge >= 0.3 is 0 Å². The first kappa shape index (κ1) is 22.1. The number of primary amides is 1. The van der Waals surface area contributed by atoms with Gasteiger partial charge in [-0.2, -0.15) is 0 Å². The molecule has 0 spiro atoms. The molecule has 0 saturated carbocycles. The first-order chi connectivity index (χ1) is 16.1. The van der Waals surface area contributed by atoms with E-state index in [4.69, 9.17) is 22.3 Å².